The lowest BCUT2D eigenvalue weighted by molar-refractivity contribution is 0.246. The Hall–Kier alpha value is -2.00. The van der Waals surface area contributed by atoms with E-state index in [9.17, 15) is 0 Å². The molecule has 0 radical (unpaired) electrons. The number of hydrogen-bond acceptors (Lipinski definition) is 3. The van der Waals surface area contributed by atoms with Crippen molar-refractivity contribution in [2.45, 2.75) is 25.4 Å². The number of benzene rings is 2. The molecule has 0 saturated heterocycles. The van der Waals surface area contributed by atoms with Crippen molar-refractivity contribution in [3.05, 3.63) is 59.7 Å². The van der Waals surface area contributed by atoms with Crippen LogP contribution in [0.4, 0.5) is 0 Å². The number of ether oxygens (including phenoxy) is 2. The highest BCUT2D eigenvalue weighted by atomic mass is 16.5. The van der Waals surface area contributed by atoms with Crippen molar-refractivity contribution in [1.82, 2.24) is 5.32 Å². The zero-order valence-electron chi connectivity index (χ0n) is 12.5. The Bertz CT molecular complexity index is 612. The van der Waals surface area contributed by atoms with Crippen LogP contribution in [0.3, 0.4) is 0 Å². The van der Waals surface area contributed by atoms with E-state index in [1.54, 1.807) is 7.11 Å². The average molecular weight is 283 g/mol. The van der Waals surface area contributed by atoms with Gasteiger partial charge in [-0.05, 0) is 30.7 Å². The molecule has 110 valence electrons. The Kier molecular flexibility index (Phi) is 4.11. The molecule has 21 heavy (non-hydrogen) atoms. The van der Waals surface area contributed by atoms with Gasteiger partial charge in [0.1, 0.15) is 11.5 Å². The maximum Gasteiger partial charge on any atom is 0.124 e. The molecule has 0 aromatic heterocycles. The molecule has 0 bridgehead atoms. The van der Waals surface area contributed by atoms with E-state index >= 15 is 0 Å². The molecule has 0 saturated carbocycles. The number of nitrogens with one attached hydrogen (secondary N) is 1. The van der Waals surface area contributed by atoms with Gasteiger partial charge >= 0.3 is 0 Å². The lowest BCUT2D eigenvalue weighted by atomic mass is 9.98. The van der Waals surface area contributed by atoms with E-state index < -0.39 is 0 Å². The summed E-state index contributed by atoms with van der Waals surface area (Å²) in [7, 11) is 1.70. The number of fused-ring (bicyclic) bond motifs is 1. The van der Waals surface area contributed by atoms with Gasteiger partial charge in [0.15, 0.2) is 0 Å². The lowest BCUT2D eigenvalue weighted by Gasteiger charge is -2.29. The summed E-state index contributed by atoms with van der Waals surface area (Å²) in [5.41, 5.74) is 2.48. The van der Waals surface area contributed by atoms with Crippen molar-refractivity contribution in [3.63, 3.8) is 0 Å². The van der Waals surface area contributed by atoms with Crippen LogP contribution in [-0.2, 0) is 0 Å². The highest BCUT2D eigenvalue weighted by Crippen LogP contribution is 2.33. The van der Waals surface area contributed by atoms with Crippen molar-refractivity contribution < 1.29 is 9.47 Å². The quantitative estimate of drug-likeness (QED) is 0.924. The Morgan fingerprint density at radius 2 is 2.05 bits per heavy atom. The zero-order valence-corrected chi connectivity index (χ0v) is 12.5. The first kappa shape index (κ1) is 14.0. The molecule has 0 aliphatic carbocycles. The molecule has 0 spiro atoms. The molecule has 2 aromatic rings. The van der Waals surface area contributed by atoms with Crippen LogP contribution < -0.4 is 14.8 Å². The summed E-state index contributed by atoms with van der Waals surface area (Å²) in [5.74, 6) is 1.90. The first-order valence-corrected chi connectivity index (χ1v) is 7.39. The standard InChI is InChI=1S/C18H21NO2/c1-13(14-6-5-7-15(12-14)20-2)19-17-10-11-21-18-9-4-3-8-16(17)18/h3-9,12-13,17,19H,10-11H2,1-2H3/t13-,17?/m0/s1. The van der Waals surface area contributed by atoms with Gasteiger partial charge in [-0.2, -0.15) is 0 Å². The summed E-state index contributed by atoms with van der Waals surface area (Å²) in [6.45, 7) is 2.95. The molecule has 3 heteroatoms. The monoisotopic (exact) mass is 283 g/mol. The van der Waals surface area contributed by atoms with Gasteiger partial charge in [0.25, 0.3) is 0 Å². The van der Waals surface area contributed by atoms with Crippen molar-refractivity contribution >= 4 is 0 Å². The number of para-hydroxylation sites is 1. The minimum Gasteiger partial charge on any atom is -0.497 e. The highest BCUT2D eigenvalue weighted by Gasteiger charge is 2.22. The number of rotatable bonds is 4. The van der Waals surface area contributed by atoms with Crippen molar-refractivity contribution in [3.8, 4) is 11.5 Å². The third kappa shape index (κ3) is 3.03. The average Bonchev–Trinajstić information content (AvgIpc) is 2.55. The fourth-order valence-electron chi connectivity index (χ4n) is 2.82. The molecular weight excluding hydrogens is 262 g/mol. The van der Waals surface area contributed by atoms with E-state index in [1.807, 2.05) is 24.3 Å². The zero-order chi connectivity index (χ0) is 14.7. The van der Waals surface area contributed by atoms with Crippen molar-refractivity contribution in [2.75, 3.05) is 13.7 Å². The Balaban J connectivity index is 1.77. The van der Waals surface area contributed by atoms with E-state index in [1.165, 1.54) is 11.1 Å². The first-order chi connectivity index (χ1) is 10.3. The Labute approximate surface area is 125 Å². The van der Waals surface area contributed by atoms with Gasteiger partial charge in [-0.3, -0.25) is 0 Å². The Morgan fingerprint density at radius 1 is 1.19 bits per heavy atom. The van der Waals surface area contributed by atoms with Crippen LogP contribution in [0.15, 0.2) is 48.5 Å². The molecular formula is C18H21NO2. The minimum absolute atomic E-state index is 0.260. The van der Waals surface area contributed by atoms with E-state index in [2.05, 4.69) is 36.5 Å². The summed E-state index contributed by atoms with van der Waals surface area (Å²) < 4.78 is 11.0. The van der Waals surface area contributed by atoms with Crippen LogP contribution in [0.5, 0.6) is 11.5 Å². The molecule has 3 nitrogen and oxygen atoms in total. The second kappa shape index (κ2) is 6.19. The van der Waals surface area contributed by atoms with E-state index in [0.29, 0.717) is 6.04 Å². The molecule has 1 heterocycles. The van der Waals surface area contributed by atoms with E-state index in [-0.39, 0.29) is 6.04 Å². The van der Waals surface area contributed by atoms with Crippen LogP contribution in [0.25, 0.3) is 0 Å². The van der Waals surface area contributed by atoms with Crippen molar-refractivity contribution in [2.24, 2.45) is 0 Å². The van der Waals surface area contributed by atoms with Gasteiger partial charge in [0.2, 0.25) is 0 Å². The lowest BCUT2D eigenvalue weighted by Crippen LogP contribution is -2.29. The smallest absolute Gasteiger partial charge is 0.124 e. The summed E-state index contributed by atoms with van der Waals surface area (Å²) >= 11 is 0. The molecule has 0 fully saturated rings. The minimum atomic E-state index is 0.260. The van der Waals surface area contributed by atoms with Crippen LogP contribution in [0, 0.1) is 0 Å². The maximum atomic E-state index is 5.72. The molecule has 0 amide bonds. The second-order valence-corrected chi connectivity index (χ2v) is 5.39. The summed E-state index contributed by atoms with van der Waals surface area (Å²) in [5, 5.41) is 3.71. The summed E-state index contributed by atoms with van der Waals surface area (Å²) in [6, 6.07) is 17.1. The van der Waals surface area contributed by atoms with Crippen molar-refractivity contribution in [1.29, 1.82) is 0 Å². The third-order valence-corrected chi connectivity index (χ3v) is 4.00. The largest absolute Gasteiger partial charge is 0.497 e. The van der Waals surface area contributed by atoms with E-state index in [4.69, 9.17) is 9.47 Å². The van der Waals surface area contributed by atoms with Gasteiger partial charge in [-0.25, -0.2) is 0 Å². The second-order valence-electron chi connectivity index (χ2n) is 5.39. The van der Waals surface area contributed by atoms with Crippen LogP contribution in [0.2, 0.25) is 0 Å². The van der Waals surface area contributed by atoms with Gasteiger partial charge < -0.3 is 14.8 Å². The topological polar surface area (TPSA) is 30.5 Å². The molecule has 1 N–H and O–H groups in total. The molecule has 2 atom stereocenters. The molecule has 1 aliphatic heterocycles. The van der Waals surface area contributed by atoms with Crippen LogP contribution in [-0.4, -0.2) is 13.7 Å². The maximum absolute atomic E-state index is 5.72. The Morgan fingerprint density at radius 3 is 2.90 bits per heavy atom. The summed E-state index contributed by atoms with van der Waals surface area (Å²) in [4.78, 5) is 0. The fourth-order valence-corrected chi connectivity index (χ4v) is 2.82. The highest BCUT2D eigenvalue weighted by molar-refractivity contribution is 5.38. The fraction of sp³-hybridized carbons (Fsp3) is 0.333. The number of hydrogen-bond donors (Lipinski definition) is 1. The third-order valence-electron chi connectivity index (χ3n) is 4.00. The SMILES string of the molecule is COc1cccc([C@H](C)NC2CCOc3ccccc32)c1. The van der Waals surface area contributed by atoms with Gasteiger partial charge in [0.05, 0.1) is 13.7 Å². The predicted molar refractivity (Wildman–Crippen MR) is 83.8 cm³/mol. The van der Waals surface area contributed by atoms with Crippen LogP contribution in [0.1, 0.15) is 36.6 Å². The molecule has 1 aliphatic rings. The van der Waals surface area contributed by atoms with Gasteiger partial charge in [-0.1, -0.05) is 30.3 Å². The predicted octanol–water partition coefficient (Wildman–Crippen LogP) is 3.87. The summed E-state index contributed by atoms with van der Waals surface area (Å²) in [6.07, 6.45) is 0.991. The molecule has 1 unspecified atom stereocenters. The molecule has 3 rings (SSSR count). The molecule has 2 aromatic carbocycles. The van der Waals surface area contributed by atoms with Gasteiger partial charge in [0, 0.05) is 24.1 Å². The van der Waals surface area contributed by atoms with E-state index in [0.717, 1.165) is 24.5 Å². The number of methoxy groups -OCH3 is 1. The van der Waals surface area contributed by atoms with Crippen LogP contribution >= 0.6 is 0 Å². The van der Waals surface area contributed by atoms with Gasteiger partial charge in [-0.15, -0.1) is 0 Å². The normalized spacial score (nSPS) is 18.5. The first-order valence-electron chi connectivity index (χ1n) is 7.39.